The molecule has 2 aliphatic heterocycles. The number of carbonyl (C=O) groups is 2. The van der Waals surface area contributed by atoms with Crippen LogP contribution < -0.4 is 4.90 Å². The van der Waals surface area contributed by atoms with Crippen molar-refractivity contribution in [2.45, 2.75) is 50.1 Å². The van der Waals surface area contributed by atoms with E-state index in [1.54, 1.807) is 17.0 Å². The van der Waals surface area contributed by atoms with Crippen LogP contribution in [0.5, 0.6) is 0 Å². The molecule has 2 aromatic rings. The van der Waals surface area contributed by atoms with E-state index in [2.05, 4.69) is 20.9 Å². The molecule has 8 heteroatoms. The zero-order chi connectivity index (χ0) is 21.2. The maximum absolute atomic E-state index is 13.6. The van der Waals surface area contributed by atoms with Crippen LogP contribution in [-0.2, 0) is 14.3 Å². The molecule has 5 nitrogen and oxygen atoms in total. The lowest BCUT2D eigenvalue weighted by Gasteiger charge is -2.37. The number of fused-ring (bicyclic) bond motifs is 1. The van der Waals surface area contributed by atoms with Crippen molar-refractivity contribution in [3.63, 3.8) is 0 Å². The van der Waals surface area contributed by atoms with Gasteiger partial charge >= 0.3 is 0 Å². The molecule has 1 saturated carbocycles. The average Bonchev–Trinajstić information content (AvgIpc) is 3.20. The summed E-state index contributed by atoms with van der Waals surface area (Å²) in [6, 6.07) is 5.28. The van der Waals surface area contributed by atoms with Crippen LogP contribution in [0.2, 0.25) is 0 Å². The van der Waals surface area contributed by atoms with Crippen LogP contribution in [-0.4, -0.2) is 27.6 Å². The fraction of sp³-hybridized carbons (Fsp3) is 0.409. The van der Waals surface area contributed by atoms with E-state index in [-0.39, 0.29) is 40.1 Å². The van der Waals surface area contributed by atoms with Gasteiger partial charge in [0.25, 0.3) is 5.91 Å². The zero-order valence-corrected chi connectivity index (χ0v) is 18.9. The number of halogens is 2. The summed E-state index contributed by atoms with van der Waals surface area (Å²) < 4.78 is 19.8. The van der Waals surface area contributed by atoms with Crippen LogP contribution in [0.25, 0.3) is 0 Å². The van der Waals surface area contributed by atoms with Crippen LogP contribution in [0.15, 0.2) is 35.6 Å². The Labute approximate surface area is 186 Å². The highest BCUT2D eigenvalue weighted by Gasteiger charge is 2.53. The zero-order valence-electron chi connectivity index (χ0n) is 16.5. The molecular formula is C22H20BrFN2O3S. The first-order chi connectivity index (χ1) is 14.3. The number of nitrogens with zero attached hydrogens (tertiary/aromatic N) is 2. The molecular weight excluding hydrogens is 471 g/mol. The van der Waals surface area contributed by atoms with Crippen LogP contribution >= 0.6 is 27.3 Å². The van der Waals surface area contributed by atoms with E-state index in [4.69, 9.17) is 4.74 Å². The Kier molecular flexibility index (Phi) is 4.82. The van der Waals surface area contributed by atoms with Crippen molar-refractivity contribution in [3.8, 4) is 0 Å². The van der Waals surface area contributed by atoms with Gasteiger partial charge < -0.3 is 4.74 Å². The molecule has 0 radical (unpaired) electrons. The van der Waals surface area contributed by atoms with E-state index >= 15 is 0 Å². The van der Waals surface area contributed by atoms with Gasteiger partial charge in [-0.2, -0.15) is 0 Å². The minimum Gasteiger partial charge on any atom is -0.483 e. The minimum atomic E-state index is -0.665. The molecule has 0 spiro atoms. The second kappa shape index (κ2) is 7.27. The number of ketones is 1. The number of hydrogen-bond donors (Lipinski definition) is 0. The van der Waals surface area contributed by atoms with Crippen molar-refractivity contribution in [1.29, 1.82) is 0 Å². The predicted octanol–water partition coefficient (Wildman–Crippen LogP) is 4.77. The van der Waals surface area contributed by atoms with Gasteiger partial charge in [0.15, 0.2) is 16.7 Å². The number of Topliss-reactive ketones (excluding diaryl/α,β-unsaturated/α-hetero) is 1. The number of aromatic nitrogens is 1. The van der Waals surface area contributed by atoms with E-state index in [0.29, 0.717) is 22.7 Å². The van der Waals surface area contributed by atoms with Gasteiger partial charge in [0.05, 0.1) is 23.2 Å². The van der Waals surface area contributed by atoms with Crippen molar-refractivity contribution in [2.75, 3.05) is 4.90 Å². The summed E-state index contributed by atoms with van der Waals surface area (Å²) >= 11 is 5.05. The summed E-state index contributed by atoms with van der Waals surface area (Å²) in [7, 11) is 0. The Balaban J connectivity index is 1.65. The Morgan fingerprint density at radius 2 is 1.93 bits per heavy atom. The highest BCUT2D eigenvalue weighted by Crippen LogP contribution is 2.49. The highest BCUT2D eigenvalue weighted by atomic mass is 79.9. The molecule has 5 rings (SSSR count). The molecule has 0 saturated heterocycles. The van der Waals surface area contributed by atoms with E-state index < -0.39 is 6.04 Å². The van der Waals surface area contributed by atoms with Gasteiger partial charge in [-0.3, -0.25) is 14.5 Å². The molecule has 3 aliphatic rings. The van der Waals surface area contributed by atoms with Crippen molar-refractivity contribution < 1.29 is 18.7 Å². The number of amides is 1. The normalized spacial score (nSPS) is 28.5. The number of hydrogen-bond acceptors (Lipinski definition) is 5. The Morgan fingerprint density at radius 1 is 1.20 bits per heavy atom. The minimum absolute atomic E-state index is 0.0411. The number of anilines is 1. The Hall–Kier alpha value is -2.06. The summed E-state index contributed by atoms with van der Waals surface area (Å²) in [4.78, 5) is 34.5. The highest BCUT2D eigenvalue weighted by molar-refractivity contribution is 9.09. The number of thiazole rings is 1. The molecule has 4 unspecified atom stereocenters. The second-order valence-corrected chi connectivity index (χ2v) is 10.5. The third-order valence-corrected chi connectivity index (χ3v) is 8.10. The van der Waals surface area contributed by atoms with Gasteiger partial charge in [-0.1, -0.05) is 28.1 Å². The number of aryl methyl sites for hydroxylation is 2. The van der Waals surface area contributed by atoms with E-state index in [1.807, 2.05) is 13.8 Å². The lowest BCUT2D eigenvalue weighted by molar-refractivity contribution is -0.131. The van der Waals surface area contributed by atoms with Gasteiger partial charge in [0.2, 0.25) is 0 Å². The average molecular weight is 491 g/mol. The van der Waals surface area contributed by atoms with E-state index in [0.717, 1.165) is 23.4 Å². The summed E-state index contributed by atoms with van der Waals surface area (Å²) in [6.45, 7) is 3.84. The number of carbonyl (C=O) groups excluding carboxylic acids is 2. The number of alkyl halides is 1. The van der Waals surface area contributed by atoms with Crippen LogP contribution in [0, 0.1) is 25.6 Å². The molecule has 3 heterocycles. The van der Waals surface area contributed by atoms with Crippen molar-refractivity contribution in [2.24, 2.45) is 5.92 Å². The fourth-order valence-corrected chi connectivity index (χ4v) is 6.14. The monoisotopic (exact) mass is 490 g/mol. The third-order valence-electron chi connectivity index (χ3n) is 6.19. The first-order valence-corrected chi connectivity index (χ1v) is 11.7. The molecule has 30 heavy (non-hydrogen) atoms. The van der Waals surface area contributed by atoms with Gasteiger partial charge in [0, 0.05) is 9.70 Å². The van der Waals surface area contributed by atoms with Gasteiger partial charge in [-0.15, -0.1) is 11.3 Å². The molecule has 1 fully saturated rings. The van der Waals surface area contributed by atoms with Crippen molar-refractivity contribution >= 4 is 44.1 Å². The molecule has 1 amide bonds. The second-order valence-electron chi connectivity index (χ2n) is 8.05. The topological polar surface area (TPSA) is 59.5 Å². The van der Waals surface area contributed by atoms with Gasteiger partial charge in [0.1, 0.15) is 11.9 Å². The molecule has 4 atom stereocenters. The molecule has 156 valence electrons. The Bertz CT molecular complexity index is 1060. The predicted molar refractivity (Wildman–Crippen MR) is 115 cm³/mol. The summed E-state index contributed by atoms with van der Waals surface area (Å²) in [5.41, 5.74) is 1.88. The first-order valence-electron chi connectivity index (χ1n) is 9.97. The molecule has 0 N–H and O–H groups in total. The summed E-state index contributed by atoms with van der Waals surface area (Å²) in [5, 5.41) is 0.525. The van der Waals surface area contributed by atoms with Crippen molar-refractivity contribution in [3.05, 3.63) is 57.5 Å². The van der Waals surface area contributed by atoms with Crippen molar-refractivity contribution in [1.82, 2.24) is 4.98 Å². The smallest absolute Gasteiger partial charge is 0.296 e. The summed E-state index contributed by atoms with van der Waals surface area (Å²) in [6.07, 6.45) is 2.04. The SMILES string of the molecule is Cc1nc(N2C(=O)C3=C(C(=O)C4CC(Br)CCC4O3)C2c2ccc(F)cc2)sc1C. The van der Waals surface area contributed by atoms with Crippen LogP contribution in [0.4, 0.5) is 9.52 Å². The maximum atomic E-state index is 13.6. The van der Waals surface area contributed by atoms with Crippen LogP contribution in [0.1, 0.15) is 41.4 Å². The van der Waals surface area contributed by atoms with Crippen LogP contribution in [0.3, 0.4) is 0 Å². The largest absolute Gasteiger partial charge is 0.483 e. The van der Waals surface area contributed by atoms with E-state index in [9.17, 15) is 14.0 Å². The lowest BCUT2D eigenvalue weighted by atomic mass is 9.77. The standard InChI is InChI=1S/C22H20BrFN2O3S/c1-10-11(2)30-22(25-10)26-18(12-3-6-14(24)7-4-12)17-19(27)15-9-13(23)5-8-16(15)29-20(17)21(26)28/h3-4,6-7,13,15-16,18H,5,8-9H2,1-2H3. The molecule has 1 aliphatic carbocycles. The van der Waals surface area contributed by atoms with Gasteiger partial charge in [-0.25, -0.2) is 9.37 Å². The lowest BCUT2D eigenvalue weighted by Crippen LogP contribution is -2.41. The Morgan fingerprint density at radius 3 is 2.60 bits per heavy atom. The quantitative estimate of drug-likeness (QED) is 0.568. The molecule has 0 bridgehead atoms. The first kappa shape index (κ1) is 19.9. The number of ether oxygens (including phenoxy) is 1. The molecule has 1 aromatic carbocycles. The summed E-state index contributed by atoms with van der Waals surface area (Å²) in [5.74, 6) is -0.904. The fourth-order valence-electron chi connectivity index (χ4n) is 4.53. The van der Waals surface area contributed by atoms with Gasteiger partial charge in [-0.05, 0) is 50.8 Å². The maximum Gasteiger partial charge on any atom is 0.296 e. The third kappa shape index (κ3) is 3.03. The number of rotatable bonds is 2. The van der Waals surface area contributed by atoms with E-state index in [1.165, 1.54) is 23.5 Å². The number of benzene rings is 1. The molecule has 1 aromatic heterocycles.